The van der Waals surface area contributed by atoms with Crippen LogP contribution in [0.2, 0.25) is 0 Å². The van der Waals surface area contributed by atoms with E-state index in [2.05, 4.69) is 181 Å². The Balaban J connectivity index is 1.25. The molecule has 0 aliphatic rings. The van der Waals surface area contributed by atoms with Crippen molar-refractivity contribution >= 4 is 81.3 Å². The minimum Gasteiger partial charge on any atom is -0.456 e. The molecule has 2 nitrogen and oxygen atoms in total. The molecule has 10 aromatic rings. The molecule has 8 aromatic carbocycles. The van der Waals surface area contributed by atoms with Crippen LogP contribution in [0.4, 0.5) is 17.1 Å². The van der Waals surface area contributed by atoms with Crippen molar-refractivity contribution in [1.82, 2.24) is 0 Å². The van der Waals surface area contributed by atoms with Gasteiger partial charge in [-0.1, -0.05) is 121 Å². The van der Waals surface area contributed by atoms with Gasteiger partial charge in [-0.25, -0.2) is 0 Å². The average Bonchev–Trinajstić information content (AvgIpc) is 3.74. The summed E-state index contributed by atoms with van der Waals surface area (Å²) in [5.41, 5.74) is 9.78. The lowest BCUT2D eigenvalue weighted by molar-refractivity contribution is 0.669. The molecule has 0 fully saturated rings. The minimum atomic E-state index is 0.871. The van der Waals surface area contributed by atoms with Gasteiger partial charge in [0.1, 0.15) is 11.2 Å². The topological polar surface area (TPSA) is 16.4 Å². The summed E-state index contributed by atoms with van der Waals surface area (Å²) in [7, 11) is 0. The van der Waals surface area contributed by atoms with E-state index < -0.39 is 0 Å². The highest BCUT2D eigenvalue weighted by Gasteiger charge is 2.22. The van der Waals surface area contributed by atoms with Crippen LogP contribution in [0.3, 0.4) is 0 Å². The molecular formula is C46H29NOS. The van der Waals surface area contributed by atoms with E-state index in [1.165, 1.54) is 53.2 Å². The monoisotopic (exact) mass is 643 g/mol. The molecule has 0 spiro atoms. The second-order valence-corrected chi connectivity index (χ2v) is 13.6. The number of furan rings is 1. The van der Waals surface area contributed by atoms with Gasteiger partial charge in [-0.15, -0.1) is 11.3 Å². The Morgan fingerprint density at radius 3 is 1.82 bits per heavy atom. The van der Waals surface area contributed by atoms with Crippen LogP contribution in [-0.2, 0) is 0 Å². The summed E-state index contributed by atoms with van der Waals surface area (Å²) in [5.74, 6) is 0. The molecule has 0 saturated carbocycles. The summed E-state index contributed by atoms with van der Waals surface area (Å²) < 4.78 is 9.34. The van der Waals surface area contributed by atoms with Crippen LogP contribution >= 0.6 is 11.3 Å². The summed E-state index contributed by atoms with van der Waals surface area (Å²) in [5, 5.41) is 7.19. The van der Waals surface area contributed by atoms with Gasteiger partial charge < -0.3 is 9.32 Å². The summed E-state index contributed by atoms with van der Waals surface area (Å²) in [6, 6.07) is 63.1. The van der Waals surface area contributed by atoms with Gasteiger partial charge in [0.25, 0.3) is 0 Å². The molecule has 0 N–H and O–H groups in total. The third-order valence-corrected chi connectivity index (χ3v) is 10.8. The summed E-state index contributed by atoms with van der Waals surface area (Å²) in [6.45, 7) is 0. The molecule has 2 aromatic heterocycles. The fraction of sp³-hybridized carbons (Fsp3) is 0. The number of nitrogens with zero attached hydrogens (tertiary/aromatic N) is 1. The first-order valence-corrected chi connectivity index (χ1v) is 17.4. The first-order valence-electron chi connectivity index (χ1n) is 16.6. The Labute approximate surface area is 287 Å². The van der Waals surface area contributed by atoms with Crippen LogP contribution in [0.25, 0.3) is 75.1 Å². The third kappa shape index (κ3) is 4.55. The van der Waals surface area contributed by atoms with Gasteiger partial charge in [0, 0.05) is 36.9 Å². The standard InChI is InChI=1S/C46H29NOS/c1-3-12-30(13-4-1)31-22-24-33(25-23-31)47(34-26-27-44-39(28-34)36-17-9-10-21-43(36)49-44)40-19-11-20-41-46(40)45-37-18-8-7-16-35(37)38(29-42(45)48-41)32-14-5-2-6-15-32/h1-29H. The number of fused-ring (bicyclic) bond motifs is 8. The Morgan fingerprint density at radius 2 is 1.02 bits per heavy atom. The van der Waals surface area contributed by atoms with Gasteiger partial charge >= 0.3 is 0 Å². The lowest BCUT2D eigenvalue weighted by Crippen LogP contribution is -2.10. The molecule has 230 valence electrons. The molecule has 10 rings (SSSR count). The van der Waals surface area contributed by atoms with Crippen LogP contribution in [0.1, 0.15) is 0 Å². The molecule has 0 unspecified atom stereocenters. The largest absolute Gasteiger partial charge is 0.456 e. The Morgan fingerprint density at radius 1 is 0.388 bits per heavy atom. The molecule has 0 bridgehead atoms. The van der Waals surface area contributed by atoms with E-state index in [0.717, 1.165) is 39.0 Å². The predicted octanol–water partition coefficient (Wildman–Crippen LogP) is 13.9. The summed E-state index contributed by atoms with van der Waals surface area (Å²) in [6.07, 6.45) is 0. The highest BCUT2D eigenvalue weighted by Crippen LogP contribution is 2.47. The minimum absolute atomic E-state index is 0.871. The van der Waals surface area contributed by atoms with Crippen LogP contribution in [0.15, 0.2) is 180 Å². The molecule has 0 radical (unpaired) electrons. The van der Waals surface area contributed by atoms with Gasteiger partial charge in [0.2, 0.25) is 0 Å². The van der Waals surface area contributed by atoms with Crippen molar-refractivity contribution in [3.8, 4) is 22.3 Å². The van der Waals surface area contributed by atoms with E-state index in [-0.39, 0.29) is 0 Å². The Bertz CT molecular complexity index is 2810. The quantitative estimate of drug-likeness (QED) is 0.186. The number of hydrogen-bond acceptors (Lipinski definition) is 3. The smallest absolute Gasteiger partial charge is 0.137 e. The molecule has 0 atom stereocenters. The van der Waals surface area contributed by atoms with E-state index in [1.54, 1.807) is 0 Å². The summed E-state index contributed by atoms with van der Waals surface area (Å²) >= 11 is 1.85. The van der Waals surface area contributed by atoms with Crippen molar-refractivity contribution in [2.24, 2.45) is 0 Å². The van der Waals surface area contributed by atoms with Crippen LogP contribution in [0, 0.1) is 0 Å². The molecule has 49 heavy (non-hydrogen) atoms. The zero-order chi connectivity index (χ0) is 32.3. The molecule has 0 aliphatic carbocycles. The van der Waals surface area contributed by atoms with Crippen molar-refractivity contribution in [3.63, 3.8) is 0 Å². The SMILES string of the molecule is c1ccc(-c2ccc(N(c3ccc4sc5ccccc5c4c3)c3cccc4oc5cc(-c6ccccc6)c6ccccc6c5c34)cc2)cc1. The molecule has 0 amide bonds. The molecule has 2 heterocycles. The molecule has 0 saturated heterocycles. The van der Waals surface area contributed by atoms with Crippen molar-refractivity contribution in [3.05, 3.63) is 176 Å². The van der Waals surface area contributed by atoms with Crippen LogP contribution in [-0.4, -0.2) is 0 Å². The van der Waals surface area contributed by atoms with E-state index in [4.69, 9.17) is 4.42 Å². The lowest BCUT2D eigenvalue weighted by atomic mass is 9.94. The normalized spacial score (nSPS) is 11.7. The van der Waals surface area contributed by atoms with Crippen molar-refractivity contribution in [2.45, 2.75) is 0 Å². The summed E-state index contributed by atoms with van der Waals surface area (Å²) in [4.78, 5) is 2.40. The zero-order valence-electron chi connectivity index (χ0n) is 26.5. The average molecular weight is 644 g/mol. The Kier molecular flexibility index (Phi) is 6.39. The highest BCUT2D eigenvalue weighted by molar-refractivity contribution is 7.25. The molecule has 0 aliphatic heterocycles. The van der Waals surface area contributed by atoms with Gasteiger partial charge in [-0.2, -0.15) is 0 Å². The van der Waals surface area contributed by atoms with Gasteiger partial charge in [-0.05, 0) is 87.6 Å². The van der Waals surface area contributed by atoms with Crippen LogP contribution < -0.4 is 4.90 Å². The van der Waals surface area contributed by atoms with Gasteiger partial charge in [0.15, 0.2) is 0 Å². The van der Waals surface area contributed by atoms with E-state index in [0.29, 0.717) is 0 Å². The lowest BCUT2D eigenvalue weighted by Gasteiger charge is -2.26. The number of anilines is 3. The van der Waals surface area contributed by atoms with Crippen molar-refractivity contribution in [2.75, 3.05) is 4.90 Å². The molecular weight excluding hydrogens is 615 g/mol. The third-order valence-electron chi connectivity index (χ3n) is 9.66. The molecule has 3 heteroatoms. The van der Waals surface area contributed by atoms with Crippen LogP contribution in [0.5, 0.6) is 0 Å². The van der Waals surface area contributed by atoms with E-state index in [9.17, 15) is 0 Å². The first-order chi connectivity index (χ1) is 24.3. The number of hydrogen-bond donors (Lipinski definition) is 0. The van der Waals surface area contributed by atoms with E-state index >= 15 is 0 Å². The predicted molar refractivity (Wildman–Crippen MR) is 210 cm³/mol. The maximum atomic E-state index is 6.75. The van der Waals surface area contributed by atoms with Gasteiger partial charge in [-0.3, -0.25) is 0 Å². The second kappa shape index (κ2) is 11.2. The number of thiophene rings is 1. The first kappa shape index (κ1) is 27.9. The van der Waals surface area contributed by atoms with Crippen molar-refractivity contribution in [1.29, 1.82) is 0 Å². The van der Waals surface area contributed by atoms with Gasteiger partial charge in [0.05, 0.1) is 11.1 Å². The maximum Gasteiger partial charge on any atom is 0.137 e. The highest BCUT2D eigenvalue weighted by atomic mass is 32.1. The number of rotatable bonds is 5. The fourth-order valence-corrected chi connectivity index (χ4v) is 8.51. The fourth-order valence-electron chi connectivity index (χ4n) is 7.42. The van der Waals surface area contributed by atoms with Crippen molar-refractivity contribution < 1.29 is 4.42 Å². The maximum absolute atomic E-state index is 6.75. The number of benzene rings is 8. The zero-order valence-corrected chi connectivity index (χ0v) is 27.3. The second-order valence-electron chi connectivity index (χ2n) is 12.5. The van der Waals surface area contributed by atoms with E-state index in [1.807, 2.05) is 11.3 Å². The Hall–Kier alpha value is -6.16.